The van der Waals surface area contributed by atoms with E-state index in [1.165, 1.54) is 18.3 Å². The second kappa shape index (κ2) is 7.33. The maximum atomic E-state index is 13.7. The van der Waals surface area contributed by atoms with Crippen LogP contribution in [0.15, 0.2) is 60.9 Å². The van der Waals surface area contributed by atoms with E-state index in [0.29, 0.717) is 36.0 Å². The largest absolute Gasteiger partial charge is 0.486 e. The molecule has 7 heteroatoms. The van der Waals surface area contributed by atoms with Crippen molar-refractivity contribution in [2.75, 3.05) is 23.8 Å². The van der Waals surface area contributed by atoms with E-state index in [0.717, 1.165) is 5.69 Å². The number of rotatable bonds is 4. The topological polar surface area (TPSA) is 72.5 Å². The van der Waals surface area contributed by atoms with Gasteiger partial charge in [-0.05, 0) is 30.3 Å². The van der Waals surface area contributed by atoms with Gasteiger partial charge >= 0.3 is 0 Å². The molecule has 0 spiro atoms. The van der Waals surface area contributed by atoms with Crippen LogP contribution in [0.1, 0.15) is 10.4 Å². The molecule has 27 heavy (non-hydrogen) atoms. The first-order valence-corrected chi connectivity index (χ1v) is 8.37. The van der Waals surface area contributed by atoms with Crippen LogP contribution in [0.2, 0.25) is 0 Å². The lowest BCUT2D eigenvalue weighted by Gasteiger charge is -2.19. The summed E-state index contributed by atoms with van der Waals surface area (Å²) in [4.78, 5) is 16.5. The van der Waals surface area contributed by atoms with Crippen molar-refractivity contribution in [1.82, 2.24) is 4.98 Å². The molecule has 0 aliphatic carbocycles. The number of pyridine rings is 1. The van der Waals surface area contributed by atoms with Crippen molar-refractivity contribution in [3.8, 4) is 11.5 Å². The number of benzene rings is 2. The van der Waals surface area contributed by atoms with Crippen molar-refractivity contribution in [2.45, 2.75) is 0 Å². The summed E-state index contributed by atoms with van der Waals surface area (Å²) in [6.45, 7) is 1.03. The Morgan fingerprint density at radius 1 is 0.963 bits per heavy atom. The van der Waals surface area contributed by atoms with Crippen LogP contribution in [-0.4, -0.2) is 24.1 Å². The highest BCUT2D eigenvalue weighted by Gasteiger charge is 2.13. The highest BCUT2D eigenvalue weighted by Crippen LogP contribution is 2.33. The van der Waals surface area contributed by atoms with Crippen molar-refractivity contribution in [3.05, 3.63) is 72.3 Å². The zero-order valence-corrected chi connectivity index (χ0v) is 14.2. The van der Waals surface area contributed by atoms with Crippen LogP contribution in [-0.2, 0) is 0 Å². The Hall–Kier alpha value is -3.61. The van der Waals surface area contributed by atoms with Gasteiger partial charge in [-0.15, -0.1) is 0 Å². The molecule has 0 saturated carbocycles. The number of amides is 1. The van der Waals surface area contributed by atoms with E-state index in [2.05, 4.69) is 15.6 Å². The van der Waals surface area contributed by atoms with Gasteiger partial charge in [-0.1, -0.05) is 12.1 Å². The first-order chi connectivity index (χ1) is 13.2. The Bertz CT molecular complexity index is 994. The summed E-state index contributed by atoms with van der Waals surface area (Å²) in [5.41, 5.74) is 1.81. The molecule has 0 saturated heterocycles. The number of nitrogens with one attached hydrogen (secondary N) is 2. The zero-order valence-electron chi connectivity index (χ0n) is 14.2. The Kier molecular flexibility index (Phi) is 4.57. The van der Waals surface area contributed by atoms with Crippen molar-refractivity contribution in [3.63, 3.8) is 0 Å². The van der Waals surface area contributed by atoms with E-state index in [-0.39, 0.29) is 5.69 Å². The van der Waals surface area contributed by atoms with Crippen LogP contribution in [0.25, 0.3) is 0 Å². The maximum Gasteiger partial charge on any atom is 0.257 e. The monoisotopic (exact) mass is 365 g/mol. The molecule has 0 fully saturated rings. The van der Waals surface area contributed by atoms with Gasteiger partial charge < -0.3 is 20.1 Å². The van der Waals surface area contributed by atoms with Gasteiger partial charge in [0.05, 0.1) is 23.1 Å². The number of aromatic nitrogens is 1. The smallest absolute Gasteiger partial charge is 0.257 e. The minimum absolute atomic E-state index is 0.118. The van der Waals surface area contributed by atoms with Crippen LogP contribution in [0.4, 0.5) is 21.5 Å². The fraction of sp³-hybridized carbons (Fsp3) is 0.100. The van der Waals surface area contributed by atoms with Gasteiger partial charge in [0, 0.05) is 18.0 Å². The lowest BCUT2D eigenvalue weighted by atomic mass is 10.2. The molecule has 1 amide bonds. The second-order valence-corrected chi connectivity index (χ2v) is 5.88. The third-order valence-corrected chi connectivity index (χ3v) is 3.95. The van der Waals surface area contributed by atoms with E-state index in [1.807, 2.05) is 18.2 Å². The normalized spacial score (nSPS) is 12.3. The lowest BCUT2D eigenvalue weighted by Crippen LogP contribution is -2.15. The Morgan fingerprint density at radius 2 is 1.78 bits per heavy atom. The highest BCUT2D eigenvalue weighted by atomic mass is 19.1. The molecule has 0 radical (unpaired) electrons. The molecule has 4 rings (SSSR count). The van der Waals surface area contributed by atoms with Crippen LogP contribution in [0.5, 0.6) is 11.5 Å². The Balaban J connectivity index is 1.51. The number of hydrogen-bond acceptors (Lipinski definition) is 5. The molecule has 2 aromatic carbocycles. The number of nitrogens with zero attached hydrogens (tertiary/aromatic N) is 1. The molecule has 1 aromatic heterocycles. The molecule has 0 atom stereocenters. The number of anilines is 3. The number of halogens is 1. The molecule has 6 nitrogen and oxygen atoms in total. The predicted molar refractivity (Wildman–Crippen MR) is 99.3 cm³/mol. The molecular weight excluding hydrogens is 349 g/mol. The fourth-order valence-corrected chi connectivity index (χ4v) is 2.68. The first kappa shape index (κ1) is 16.8. The van der Waals surface area contributed by atoms with Crippen molar-refractivity contribution < 1.29 is 18.7 Å². The summed E-state index contributed by atoms with van der Waals surface area (Å²) in [5, 5.41) is 5.71. The highest BCUT2D eigenvalue weighted by molar-refractivity contribution is 6.04. The van der Waals surface area contributed by atoms with Crippen LogP contribution in [0.3, 0.4) is 0 Å². The number of fused-ring (bicyclic) bond motifs is 1. The third kappa shape index (κ3) is 3.82. The van der Waals surface area contributed by atoms with Crippen molar-refractivity contribution >= 4 is 23.0 Å². The van der Waals surface area contributed by atoms with Gasteiger partial charge in [0.15, 0.2) is 11.5 Å². The lowest BCUT2D eigenvalue weighted by molar-refractivity contribution is 0.102. The minimum atomic E-state index is -0.496. The van der Waals surface area contributed by atoms with Gasteiger partial charge in [0.25, 0.3) is 5.91 Å². The van der Waals surface area contributed by atoms with E-state index in [9.17, 15) is 9.18 Å². The van der Waals surface area contributed by atoms with Gasteiger partial charge in [-0.3, -0.25) is 9.78 Å². The number of hydrogen-bond donors (Lipinski definition) is 2. The predicted octanol–water partition coefficient (Wildman–Crippen LogP) is 3.99. The van der Waals surface area contributed by atoms with E-state index >= 15 is 0 Å². The van der Waals surface area contributed by atoms with Crippen molar-refractivity contribution in [2.24, 2.45) is 0 Å². The number of carbonyl (C=O) groups excluding carboxylic acids is 1. The molecule has 1 aliphatic rings. The average molecular weight is 365 g/mol. The van der Waals surface area contributed by atoms with Crippen LogP contribution < -0.4 is 20.1 Å². The number of para-hydroxylation sites is 1. The summed E-state index contributed by atoms with van der Waals surface area (Å²) in [6, 6.07) is 13.1. The summed E-state index contributed by atoms with van der Waals surface area (Å²) in [6.07, 6.45) is 3.02. The fourth-order valence-electron chi connectivity index (χ4n) is 2.68. The number of carbonyl (C=O) groups is 1. The zero-order chi connectivity index (χ0) is 18.6. The van der Waals surface area contributed by atoms with Gasteiger partial charge in [-0.2, -0.15) is 0 Å². The molecule has 136 valence electrons. The Labute approximate surface area is 155 Å². The SMILES string of the molecule is O=C(Nc1ccccc1F)c1cncc(Nc2ccc3c(c2)OCCO3)c1. The molecule has 0 unspecified atom stereocenters. The molecule has 2 heterocycles. The standard InChI is InChI=1S/C20H16FN3O3/c21-16-3-1-2-4-17(16)24-20(25)13-9-15(12-22-11-13)23-14-5-6-18-19(10-14)27-8-7-26-18/h1-6,9-12,23H,7-8H2,(H,24,25). The summed E-state index contributed by atoms with van der Waals surface area (Å²) in [7, 11) is 0. The molecule has 2 N–H and O–H groups in total. The average Bonchev–Trinajstić information content (AvgIpc) is 2.70. The summed E-state index contributed by atoms with van der Waals surface area (Å²) in [5.74, 6) is 0.415. The van der Waals surface area contributed by atoms with Gasteiger partial charge in [-0.25, -0.2) is 4.39 Å². The van der Waals surface area contributed by atoms with Crippen LogP contribution in [0, 0.1) is 5.82 Å². The van der Waals surface area contributed by atoms with Crippen molar-refractivity contribution in [1.29, 1.82) is 0 Å². The molecular formula is C20H16FN3O3. The third-order valence-electron chi connectivity index (χ3n) is 3.95. The minimum Gasteiger partial charge on any atom is -0.486 e. The molecule has 3 aromatic rings. The maximum absolute atomic E-state index is 13.7. The van der Waals surface area contributed by atoms with E-state index < -0.39 is 11.7 Å². The van der Waals surface area contributed by atoms with E-state index in [1.54, 1.807) is 24.4 Å². The van der Waals surface area contributed by atoms with Crippen LogP contribution >= 0.6 is 0 Å². The Morgan fingerprint density at radius 3 is 2.63 bits per heavy atom. The molecule has 1 aliphatic heterocycles. The van der Waals surface area contributed by atoms with Gasteiger partial charge in [0.1, 0.15) is 19.0 Å². The summed E-state index contributed by atoms with van der Waals surface area (Å²) < 4.78 is 24.8. The quantitative estimate of drug-likeness (QED) is 0.731. The summed E-state index contributed by atoms with van der Waals surface area (Å²) >= 11 is 0. The number of ether oxygens (including phenoxy) is 2. The van der Waals surface area contributed by atoms with E-state index in [4.69, 9.17) is 9.47 Å². The molecule has 0 bridgehead atoms. The second-order valence-electron chi connectivity index (χ2n) is 5.88. The van der Waals surface area contributed by atoms with Gasteiger partial charge in [0.2, 0.25) is 0 Å². The first-order valence-electron chi connectivity index (χ1n) is 8.37.